The van der Waals surface area contributed by atoms with Gasteiger partial charge in [-0.2, -0.15) is 5.10 Å². The van der Waals surface area contributed by atoms with Crippen LogP contribution in [0.1, 0.15) is 0 Å². The molecule has 0 atom stereocenters. The van der Waals surface area contributed by atoms with Gasteiger partial charge in [0.25, 0.3) is 0 Å². The van der Waals surface area contributed by atoms with E-state index in [1.807, 2.05) is 42.5 Å². The van der Waals surface area contributed by atoms with Crippen molar-refractivity contribution in [2.75, 3.05) is 0 Å². The lowest BCUT2D eigenvalue weighted by molar-refractivity contribution is 0.979. The molecule has 49 heavy (non-hydrogen) atoms. The van der Waals surface area contributed by atoms with Gasteiger partial charge in [0.1, 0.15) is 5.69 Å². The van der Waals surface area contributed by atoms with Crippen molar-refractivity contribution in [1.29, 1.82) is 0 Å². The lowest BCUT2D eigenvalue weighted by Crippen LogP contribution is -1.96. The maximum atomic E-state index is 5.38. The molecule has 230 valence electrons. The largest absolute Gasteiger partial charge is 0.231 e. The summed E-state index contributed by atoms with van der Waals surface area (Å²) in [6, 6.07) is 63.1. The fraction of sp³-hybridized carbons (Fsp3) is 0. The van der Waals surface area contributed by atoms with E-state index in [1.54, 1.807) is 0 Å². The summed E-state index contributed by atoms with van der Waals surface area (Å²) in [7, 11) is 0. The Labute approximate surface area is 284 Å². The van der Waals surface area contributed by atoms with Crippen molar-refractivity contribution in [3.63, 3.8) is 0 Å². The molecule has 4 nitrogen and oxygen atoms in total. The Morgan fingerprint density at radius 3 is 1.53 bits per heavy atom. The third-order valence-electron chi connectivity index (χ3n) is 9.01. The molecule has 3 heterocycles. The second-order valence-corrected chi connectivity index (χ2v) is 12.1. The minimum atomic E-state index is 0.676. The van der Waals surface area contributed by atoms with E-state index in [0.29, 0.717) is 5.82 Å². The van der Waals surface area contributed by atoms with Crippen LogP contribution in [0.3, 0.4) is 0 Å². The number of hydrogen-bond acceptors (Lipinski definition) is 3. The highest BCUT2D eigenvalue weighted by Crippen LogP contribution is 2.41. The molecule has 0 N–H and O–H groups in total. The van der Waals surface area contributed by atoms with Crippen LogP contribution in [-0.2, 0) is 0 Å². The summed E-state index contributed by atoms with van der Waals surface area (Å²) in [6.45, 7) is 0. The molecule has 0 bridgehead atoms. The quantitative estimate of drug-likeness (QED) is 0.184. The summed E-state index contributed by atoms with van der Waals surface area (Å²) in [4.78, 5) is 10.3. The first-order valence-electron chi connectivity index (χ1n) is 16.5. The minimum absolute atomic E-state index is 0.676. The van der Waals surface area contributed by atoms with Gasteiger partial charge in [-0.25, -0.2) is 14.5 Å². The summed E-state index contributed by atoms with van der Waals surface area (Å²) in [5.41, 5.74) is 12.1. The van der Waals surface area contributed by atoms with Crippen molar-refractivity contribution < 1.29 is 0 Å². The summed E-state index contributed by atoms with van der Waals surface area (Å²) in [5.74, 6) is 0.676. The standard InChI is InChI=1S/C45H30N4/c1-5-16-31(17-6-1)39-30-40(32-18-7-2-8-19-32)47-45(46-39)37-26-15-25-36(28-37)42-43(34-22-11-4-12-23-34)48-49-41(33-20-9-3-10-21-33)29-35-24-13-14-27-38(35)44(42)49/h1-30H. The van der Waals surface area contributed by atoms with Gasteiger partial charge in [-0.15, -0.1) is 0 Å². The Hall–Kier alpha value is -6.65. The topological polar surface area (TPSA) is 43.1 Å². The van der Waals surface area contributed by atoms with Crippen molar-refractivity contribution in [3.8, 4) is 67.5 Å². The van der Waals surface area contributed by atoms with Gasteiger partial charge in [0.2, 0.25) is 0 Å². The van der Waals surface area contributed by atoms with Gasteiger partial charge in [-0.05, 0) is 29.1 Å². The van der Waals surface area contributed by atoms with Crippen LogP contribution in [0.25, 0.3) is 83.8 Å². The van der Waals surface area contributed by atoms with E-state index in [9.17, 15) is 0 Å². The van der Waals surface area contributed by atoms with Crippen LogP contribution in [-0.4, -0.2) is 19.6 Å². The zero-order valence-corrected chi connectivity index (χ0v) is 26.6. The van der Waals surface area contributed by atoms with E-state index in [2.05, 4.69) is 144 Å². The number of fused-ring (bicyclic) bond motifs is 3. The molecule has 0 radical (unpaired) electrons. The van der Waals surface area contributed by atoms with E-state index in [4.69, 9.17) is 15.1 Å². The molecule has 3 aromatic heterocycles. The zero-order chi connectivity index (χ0) is 32.6. The lowest BCUT2D eigenvalue weighted by Gasteiger charge is -2.12. The molecule has 0 aliphatic carbocycles. The Balaban J connectivity index is 1.31. The van der Waals surface area contributed by atoms with E-state index < -0.39 is 0 Å². The van der Waals surface area contributed by atoms with E-state index in [1.165, 1.54) is 0 Å². The molecule has 0 fully saturated rings. The van der Waals surface area contributed by atoms with Crippen molar-refractivity contribution in [2.24, 2.45) is 0 Å². The van der Waals surface area contributed by atoms with Crippen molar-refractivity contribution >= 4 is 16.3 Å². The Kier molecular flexibility index (Phi) is 7.10. The zero-order valence-electron chi connectivity index (χ0n) is 26.6. The number of aromatic nitrogens is 4. The number of pyridine rings is 1. The SMILES string of the molecule is c1ccc(-c2cc(-c3ccccc3)nc(-c3cccc(-c4c(-c5ccccc5)nn5c(-c6ccccc6)cc6ccccc6c45)c3)n2)cc1. The Bertz CT molecular complexity index is 2520. The van der Waals surface area contributed by atoms with Crippen LogP contribution in [0.2, 0.25) is 0 Å². The molecule has 9 rings (SSSR count). The molecular formula is C45H30N4. The van der Waals surface area contributed by atoms with Gasteiger partial charge in [0, 0.05) is 38.8 Å². The molecule has 0 saturated heterocycles. The molecule has 0 unspecified atom stereocenters. The van der Waals surface area contributed by atoms with Crippen LogP contribution < -0.4 is 0 Å². The van der Waals surface area contributed by atoms with E-state index in [0.717, 1.165) is 78.0 Å². The molecular weight excluding hydrogens is 597 g/mol. The third kappa shape index (κ3) is 5.26. The van der Waals surface area contributed by atoms with Gasteiger partial charge in [-0.1, -0.05) is 164 Å². The highest BCUT2D eigenvalue weighted by Gasteiger charge is 2.22. The van der Waals surface area contributed by atoms with Crippen LogP contribution in [0.15, 0.2) is 182 Å². The molecule has 0 spiro atoms. The molecule has 0 aliphatic rings. The average molecular weight is 627 g/mol. The van der Waals surface area contributed by atoms with Crippen molar-refractivity contribution in [1.82, 2.24) is 19.6 Å². The fourth-order valence-corrected chi connectivity index (χ4v) is 6.68. The lowest BCUT2D eigenvalue weighted by atomic mass is 9.95. The van der Waals surface area contributed by atoms with Crippen LogP contribution in [0.5, 0.6) is 0 Å². The number of hydrogen-bond donors (Lipinski definition) is 0. The first-order chi connectivity index (χ1) is 24.3. The van der Waals surface area contributed by atoms with Gasteiger partial charge in [0.15, 0.2) is 5.82 Å². The van der Waals surface area contributed by atoms with E-state index in [-0.39, 0.29) is 0 Å². The molecule has 6 aromatic carbocycles. The monoisotopic (exact) mass is 626 g/mol. The number of rotatable bonds is 6. The van der Waals surface area contributed by atoms with Crippen LogP contribution in [0, 0.1) is 0 Å². The van der Waals surface area contributed by atoms with Crippen LogP contribution >= 0.6 is 0 Å². The van der Waals surface area contributed by atoms with Gasteiger partial charge in [0.05, 0.1) is 22.6 Å². The van der Waals surface area contributed by atoms with Crippen molar-refractivity contribution in [3.05, 3.63) is 182 Å². The summed E-state index contributed by atoms with van der Waals surface area (Å²) in [5, 5.41) is 7.69. The molecule has 0 saturated carbocycles. The minimum Gasteiger partial charge on any atom is -0.231 e. The predicted octanol–water partition coefficient (Wildman–Crippen LogP) is 11.3. The van der Waals surface area contributed by atoms with Crippen molar-refractivity contribution in [2.45, 2.75) is 0 Å². The smallest absolute Gasteiger partial charge is 0.160 e. The highest BCUT2D eigenvalue weighted by atomic mass is 15.2. The number of benzene rings is 6. The van der Waals surface area contributed by atoms with Gasteiger partial charge >= 0.3 is 0 Å². The summed E-state index contributed by atoms with van der Waals surface area (Å²) >= 11 is 0. The first-order valence-corrected chi connectivity index (χ1v) is 16.5. The molecule has 4 heteroatoms. The predicted molar refractivity (Wildman–Crippen MR) is 201 cm³/mol. The number of nitrogens with zero attached hydrogens (tertiary/aromatic N) is 4. The highest BCUT2D eigenvalue weighted by molar-refractivity contribution is 6.08. The second-order valence-electron chi connectivity index (χ2n) is 12.1. The second kappa shape index (κ2) is 12.2. The summed E-state index contributed by atoms with van der Waals surface area (Å²) in [6.07, 6.45) is 0. The normalized spacial score (nSPS) is 11.3. The van der Waals surface area contributed by atoms with E-state index >= 15 is 0 Å². The maximum Gasteiger partial charge on any atom is 0.160 e. The average Bonchev–Trinajstić information content (AvgIpc) is 3.60. The summed E-state index contributed by atoms with van der Waals surface area (Å²) < 4.78 is 2.13. The van der Waals surface area contributed by atoms with Crippen LogP contribution in [0.4, 0.5) is 0 Å². The first kappa shape index (κ1) is 28.6. The van der Waals surface area contributed by atoms with Gasteiger partial charge in [-0.3, -0.25) is 0 Å². The fourth-order valence-electron chi connectivity index (χ4n) is 6.68. The maximum absolute atomic E-state index is 5.38. The van der Waals surface area contributed by atoms with Gasteiger partial charge < -0.3 is 0 Å². The molecule has 9 aromatic rings. The molecule has 0 aliphatic heterocycles. The Morgan fingerprint density at radius 1 is 0.388 bits per heavy atom. The Morgan fingerprint density at radius 2 is 0.898 bits per heavy atom. The third-order valence-corrected chi connectivity index (χ3v) is 9.01. The molecule has 0 amide bonds.